The van der Waals surface area contributed by atoms with Gasteiger partial charge in [0.15, 0.2) is 0 Å². The van der Waals surface area contributed by atoms with Crippen molar-refractivity contribution in [2.24, 2.45) is 13.0 Å². The van der Waals surface area contributed by atoms with Crippen LogP contribution in [-0.4, -0.2) is 32.6 Å². The van der Waals surface area contributed by atoms with Crippen LogP contribution < -0.4 is 5.32 Å². The summed E-state index contributed by atoms with van der Waals surface area (Å²) in [5.74, 6) is -1.62. The lowest BCUT2D eigenvalue weighted by Gasteiger charge is -2.17. The van der Waals surface area contributed by atoms with Crippen molar-refractivity contribution in [2.75, 3.05) is 0 Å². The van der Waals surface area contributed by atoms with Gasteiger partial charge in [0.05, 0.1) is 17.4 Å². The van der Waals surface area contributed by atoms with Crippen LogP contribution in [0.4, 0.5) is 0 Å². The SMILES string of the molecule is CC(C)[C@@H](NC(=O)c1ccc2c(c1)ncn2C)C(=O)O. The first kappa shape index (κ1) is 14.0. The Kier molecular flexibility index (Phi) is 3.74. The van der Waals surface area contributed by atoms with E-state index in [9.17, 15) is 9.59 Å². The van der Waals surface area contributed by atoms with E-state index in [2.05, 4.69) is 10.3 Å². The highest BCUT2D eigenvalue weighted by Gasteiger charge is 2.24. The molecule has 2 N–H and O–H groups in total. The number of amides is 1. The fourth-order valence-corrected chi connectivity index (χ4v) is 2.02. The first-order valence-corrected chi connectivity index (χ1v) is 6.35. The summed E-state index contributed by atoms with van der Waals surface area (Å²) in [4.78, 5) is 27.4. The standard InChI is InChI=1S/C14H17N3O3/c1-8(2)12(14(19)20)16-13(18)9-4-5-11-10(6-9)15-7-17(11)3/h4-8,12H,1-3H3,(H,16,18)(H,19,20)/t12-/m1/s1. The van der Waals surface area contributed by atoms with Gasteiger partial charge in [0, 0.05) is 12.6 Å². The van der Waals surface area contributed by atoms with E-state index < -0.39 is 17.9 Å². The van der Waals surface area contributed by atoms with E-state index >= 15 is 0 Å². The van der Waals surface area contributed by atoms with Gasteiger partial charge in [-0.25, -0.2) is 9.78 Å². The Hall–Kier alpha value is -2.37. The molecule has 106 valence electrons. The number of aryl methyl sites for hydroxylation is 1. The Labute approximate surface area is 116 Å². The molecule has 0 spiro atoms. The molecule has 0 saturated heterocycles. The van der Waals surface area contributed by atoms with E-state index in [4.69, 9.17) is 5.11 Å². The fraction of sp³-hybridized carbons (Fsp3) is 0.357. The van der Waals surface area contributed by atoms with Gasteiger partial charge in [-0.05, 0) is 24.1 Å². The molecule has 0 fully saturated rings. The Morgan fingerprint density at radius 1 is 1.35 bits per heavy atom. The molecule has 0 aliphatic carbocycles. The maximum atomic E-state index is 12.1. The van der Waals surface area contributed by atoms with Crippen LogP contribution in [0.1, 0.15) is 24.2 Å². The van der Waals surface area contributed by atoms with Crippen molar-refractivity contribution in [1.82, 2.24) is 14.9 Å². The largest absolute Gasteiger partial charge is 0.480 e. The summed E-state index contributed by atoms with van der Waals surface area (Å²) in [6.45, 7) is 3.50. The van der Waals surface area contributed by atoms with E-state index in [1.807, 2.05) is 11.6 Å². The molecule has 0 aliphatic rings. The molecule has 2 rings (SSSR count). The van der Waals surface area contributed by atoms with Crippen molar-refractivity contribution in [3.63, 3.8) is 0 Å². The summed E-state index contributed by atoms with van der Waals surface area (Å²) < 4.78 is 1.85. The van der Waals surface area contributed by atoms with Crippen LogP contribution in [0, 0.1) is 5.92 Å². The van der Waals surface area contributed by atoms with Gasteiger partial charge >= 0.3 is 5.97 Å². The van der Waals surface area contributed by atoms with Gasteiger partial charge in [0.2, 0.25) is 0 Å². The normalized spacial score (nSPS) is 12.6. The highest BCUT2D eigenvalue weighted by Crippen LogP contribution is 2.14. The number of carbonyl (C=O) groups excluding carboxylic acids is 1. The summed E-state index contributed by atoms with van der Waals surface area (Å²) in [6.07, 6.45) is 1.67. The van der Waals surface area contributed by atoms with Crippen molar-refractivity contribution in [2.45, 2.75) is 19.9 Å². The lowest BCUT2D eigenvalue weighted by atomic mass is 10.0. The second-order valence-electron chi connectivity index (χ2n) is 5.09. The van der Waals surface area contributed by atoms with Gasteiger partial charge in [-0.2, -0.15) is 0 Å². The Bertz CT molecular complexity index is 661. The second kappa shape index (κ2) is 5.32. The molecule has 0 aliphatic heterocycles. The molecule has 1 aromatic heterocycles. The van der Waals surface area contributed by atoms with Crippen molar-refractivity contribution in [3.05, 3.63) is 30.1 Å². The summed E-state index contributed by atoms with van der Waals surface area (Å²) in [6, 6.07) is 4.21. The zero-order valence-corrected chi connectivity index (χ0v) is 11.6. The number of nitrogens with zero attached hydrogens (tertiary/aromatic N) is 2. The Morgan fingerprint density at radius 3 is 2.65 bits per heavy atom. The third-order valence-electron chi connectivity index (χ3n) is 3.21. The minimum absolute atomic E-state index is 0.185. The van der Waals surface area contributed by atoms with Crippen molar-refractivity contribution in [1.29, 1.82) is 0 Å². The zero-order chi connectivity index (χ0) is 14.9. The molecule has 1 aromatic carbocycles. The number of nitrogens with one attached hydrogen (secondary N) is 1. The summed E-state index contributed by atoms with van der Waals surface area (Å²) in [5.41, 5.74) is 2.03. The molecule has 1 amide bonds. The fourth-order valence-electron chi connectivity index (χ4n) is 2.02. The predicted octanol–water partition coefficient (Wildman–Crippen LogP) is 1.41. The number of carbonyl (C=O) groups is 2. The van der Waals surface area contributed by atoms with Crippen LogP contribution in [0.5, 0.6) is 0 Å². The average Bonchev–Trinajstić information content (AvgIpc) is 2.76. The molecule has 1 heterocycles. The van der Waals surface area contributed by atoms with Gasteiger partial charge in [-0.15, -0.1) is 0 Å². The van der Waals surface area contributed by atoms with Gasteiger partial charge in [0.25, 0.3) is 5.91 Å². The van der Waals surface area contributed by atoms with Gasteiger partial charge in [-0.3, -0.25) is 4.79 Å². The van der Waals surface area contributed by atoms with Crippen LogP contribution in [0.2, 0.25) is 0 Å². The molecule has 0 unspecified atom stereocenters. The van der Waals surface area contributed by atoms with Crippen LogP contribution in [0.15, 0.2) is 24.5 Å². The summed E-state index contributed by atoms with van der Waals surface area (Å²) in [7, 11) is 1.87. The lowest BCUT2D eigenvalue weighted by molar-refractivity contribution is -0.140. The molecule has 0 radical (unpaired) electrons. The number of benzene rings is 1. The highest BCUT2D eigenvalue weighted by atomic mass is 16.4. The topological polar surface area (TPSA) is 84.2 Å². The second-order valence-corrected chi connectivity index (χ2v) is 5.09. The lowest BCUT2D eigenvalue weighted by Crippen LogP contribution is -2.44. The monoisotopic (exact) mass is 275 g/mol. The molecular formula is C14H17N3O3. The predicted molar refractivity (Wildman–Crippen MR) is 74.4 cm³/mol. The average molecular weight is 275 g/mol. The first-order valence-electron chi connectivity index (χ1n) is 6.35. The van der Waals surface area contributed by atoms with Crippen LogP contribution in [0.3, 0.4) is 0 Å². The van der Waals surface area contributed by atoms with Crippen LogP contribution >= 0.6 is 0 Å². The maximum absolute atomic E-state index is 12.1. The molecule has 2 aromatic rings. The number of aromatic nitrogens is 2. The summed E-state index contributed by atoms with van der Waals surface area (Å²) in [5, 5.41) is 11.6. The number of imidazole rings is 1. The smallest absolute Gasteiger partial charge is 0.326 e. The minimum Gasteiger partial charge on any atom is -0.480 e. The first-order chi connectivity index (χ1) is 9.40. The number of rotatable bonds is 4. The van der Waals surface area contributed by atoms with Gasteiger partial charge in [-0.1, -0.05) is 13.8 Å². The molecular weight excluding hydrogens is 258 g/mol. The van der Waals surface area contributed by atoms with E-state index in [1.165, 1.54) is 0 Å². The third kappa shape index (κ3) is 2.64. The number of hydrogen-bond acceptors (Lipinski definition) is 3. The quantitative estimate of drug-likeness (QED) is 0.883. The number of fused-ring (bicyclic) bond motifs is 1. The number of carboxylic acids is 1. The zero-order valence-electron chi connectivity index (χ0n) is 11.6. The van der Waals surface area contributed by atoms with Gasteiger partial charge < -0.3 is 15.0 Å². The van der Waals surface area contributed by atoms with E-state index in [0.717, 1.165) is 5.52 Å². The Morgan fingerprint density at radius 2 is 2.05 bits per heavy atom. The molecule has 6 heteroatoms. The van der Waals surface area contributed by atoms with E-state index in [0.29, 0.717) is 11.1 Å². The highest BCUT2D eigenvalue weighted by molar-refractivity contribution is 5.99. The molecule has 6 nitrogen and oxygen atoms in total. The van der Waals surface area contributed by atoms with E-state index in [1.54, 1.807) is 38.4 Å². The third-order valence-corrected chi connectivity index (χ3v) is 3.21. The minimum atomic E-state index is -1.03. The molecule has 1 atom stereocenters. The molecule has 0 bridgehead atoms. The number of carboxylic acid groups (broad SMARTS) is 1. The van der Waals surface area contributed by atoms with Crippen LogP contribution in [-0.2, 0) is 11.8 Å². The number of hydrogen-bond donors (Lipinski definition) is 2. The molecule has 0 saturated carbocycles. The van der Waals surface area contributed by atoms with Gasteiger partial charge in [0.1, 0.15) is 6.04 Å². The van der Waals surface area contributed by atoms with Crippen molar-refractivity contribution in [3.8, 4) is 0 Å². The Balaban J connectivity index is 2.24. The van der Waals surface area contributed by atoms with Crippen molar-refractivity contribution >= 4 is 22.9 Å². The summed E-state index contributed by atoms with van der Waals surface area (Å²) >= 11 is 0. The van der Waals surface area contributed by atoms with Crippen molar-refractivity contribution < 1.29 is 14.7 Å². The van der Waals surface area contributed by atoms with E-state index in [-0.39, 0.29) is 5.92 Å². The number of aliphatic carboxylic acids is 1. The van der Waals surface area contributed by atoms with Crippen LogP contribution in [0.25, 0.3) is 11.0 Å². The maximum Gasteiger partial charge on any atom is 0.326 e. The molecule has 20 heavy (non-hydrogen) atoms.